The summed E-state index contributed by atoms with van der Waals surface area (Å²) in [5, 5.41) is 10.8. The molecular weight excluding hydrogens is 506 g/mol. The maximum atomic E-state index is 10.8. The van der Waals surface area contributed by atoms with E-state index in [0.717, 1.165) is 50.5 Å². The number of phenolic OH excluding ortho intramolecular Hbond substituents is 1. The normalized spacial score (nSPS) is 14.5. The van der Waals surface area contributed by atoms with E-state index < -0.39 is 5.54 Å². The zero-order chi connectivity index (χ0) is 27.7. The van der Waals surface area contributed by atoms with Crippen molar-refractivity contribution in [3.05, 3.63) is 127 Å². The molecule has 6 nitrogen and oxygen atoms in total. The molecule has 2 aromatic heterocycles. The molecule has 0 saturated heterocycles. The van der Waals surface area contributed by atoms with Crippen LogP contribution in [-0.4, -0.2) is 25.4 Å². The molecule has 41 heavy (non-hydrogen) atoms. The van der Waals surface area contributed by atoms with Gasteiger partial charge in [0.05, 0.1) is 39.1 Å². The molecule has 1 N–H and O–H groups in total. The van der Waals surface area contributed by atoms with Gasteiger partial charge >= 0.3 is 0 Å². The molecule has 1 aliphatic heterocycles. The molecule has 0 radical (unpaired) electrons. The lowest BCUT2D eigenvalue weighted by Gasteiger charge is -2.41. The van der Waals surface area contributed by atoms with Gasteiger partial charge in [0.2, 0.25) is 12.1 Å². The Hall–Kier alpha value is -5.36. The summed E-state index contributed by atoms with van der Waals surface area (Å²) >= 11 is 0. The number of para-hydroxylation sites is 7. The first-order valence-electron chi connectivity index (χ1n) is 13.7. The summed E-state index contributed by atoms with van der Waals surface area (Å²) in [6.45, 7) is 4.31. The SMILES string of the molecule is CC1(C)c2ccccc2[N+](c2cccc(-n3c4ccccc4n4c5ccccc5nc34)c2)=[C-]N1c1ccccc1O. The lowest BCUT2D eigenvalue weighted by Crippen LogP contribution is -2.46. The van der Waals surface area contributed by atoms with E-state index in [2.05, 4.69) is 125 Å². The molecule has 3 heterocycles. The molecular formula is C35H27N5O. The largest absolute Gasteiger partial charge is 0.513 e. The van der Waals surface area contributed by atoms with Crippen LogP contribution < -0.4 is 9.48 Å². The van der Waals surface area contributed by atoms with Crippen molar-refractivity contribution >= 4 is 51.2 Å². The summed E-state index contributed by atoms with van der Waals surface area (Å²) < 4.78 is 6.54. The molecule has 0 atom stereocenters. The van der Waals surface area contributed by atoms with Gasteiger partial charge in [-0.15, -0.1) is 0 Å². The van der Waals surface area contributed by atoms with E-state index in [4.69, 9.17) is 4.98 Å². The van der Waals surface area contributed by atoms with Crippen molar-refractivity contribution in [2.24, 2.45) is 0 Å². The smallest absolute Gasteiger partial charge is 0.246 e. The third-order valence-corrected chi connectivity index (χ3v) is 8.14. The third-order valence-electron chi connectivity index (χ3n) is 8.14. The number of fused-ring (bicyclic) bond motifs is 6. The number of nitrogens with zero attached hydrogens (tertiary/aromatic N) is 5. The fraction of sp³-hybridized carbons (Fsp3) is 0.0857. The number of aromatic hydroxyl groups is 1. The van der Waals surface area contributed by atoms with Crippen molar-refractivity contribution < 1.29 is 5.11 Å². The maximum absolute atomic E-state index is 10.8. The van der Waals surface area contributed by atoms with Crippen LogP contribution in [-0.2, 0) is 5.54 Å². The highest BCUT2D eigenvalue weighted by molar-refractivity contribution is 5.94. The van der Waals surface area contributed by atoms with Crippen LogP contribution in [0.1, 0.15) is 19.4 Å². The first kappa shape index (κ1) is 23.5. The third kappa shape index (κ3) is 3.37. The molecule has 0 aliphatic carbocycles. The molecule has 5 aromatic carbocycles. The minimum atomic E-state index is -0.442. The van der Waals surface area contributed by atoms with E-state index in [-0.39, 0.29) is 5.75 Å². The summed E-state index contributed by atoms with van der Waals surface area (Å²) in [5.74, 6) is 1.09. The highest BCUT2D eigenvalue weighted by Crippen LogP contribution is 2.43. The van der Waals surface area contributed by atoms with Crippen molar-refractivity contribution in [3.63, 3.8) is 0 Å². The van der Waals surface area contributed by atoms with Gasteiger partial charge in [-0.1, -0.05) is 78.9 Å². The van der Waals surface area contributed by atoms with Crippen LogP contribution in [0.4, 0.5) is 17.1 Å². The van der Waals surface area contributed by atoms with Gasteiger partial charge in [0.15, 0.2) is 0 Å². The monoisotopic (exact) mass is 533 g/mol. The van der Waals surface area contributed by atoms with Gasteiger partial charge in [-0.2, -0.15) is 0 Å². The Kier molecular flexibility index (Phi) is 4.92. The molecule has 8 rings (SSSR count). The van der Waals surface area contributed by atoms with E-state index in [1.165, 1.54) is 0 Å². The fourth-order valence-corrected chi connectivity index (χ4v) is 6.17. The molecule has 0 fully saturated rings. The summed E-state index contributed by atoms with van der Waals surface area (Å²) in [6.07, 6.45) is 3.62. The Morgan fingerprint density at radius 2 is 1.44 bits per heavy atom. The Morgan fingerprint density at radius 3 is 2.29 bits per heavy atom. The molecule has 0 unspecified atom stereocenters. The van der Waals surface area contributed by atoms with Crippen LogP contribution in [0.25, 0.3) is 33.5 Å². The number of anilines is 1. The second kappa shape index (κ2) is 8.57. The van der Waals surface area contributed by atoms with Crippen LogP contribution in [0.5, 0.6) is 5.75 Å². The van der Waals surface area contributed by atoms with Crippen LogP contribution in [0.2, 0.25) is 0 Å². The minimum Gasteiger partial charge on any atom is -0.513 e. The highest BCUT2D eigenvalue weighted by Gasteiger charge is 2.38. The molecule has 0 saturated carbocycles. The topological polar surface area (TPSA) is 48.7 Å². The van der Waals surface area contributed by atoms with Gasteiger partial charge in [-0.25, -0.2) is 4.98 Å². The van der Waals surface area contributed by atoms with Gasteiger partial charge < -0.3 is 9.68 Å². The average molecular weight is 534 g/mol. The lowest BCUT2D eigenvalue weighted by molar-refractivity contribution is 0.465. The van der Waals surface area contributed by atoms with Crippen LogP contribution in [0.3, 0.4) is 0 Å². The number of hydrogen-bond acceptors (Lipinski definition) is 3. The van der Waals surface area contributed by atoms with Crippen LogP contribution >= 0.6 is 0 Å². The van der Waals surface area contributed by atoms with E-state index in [1.807, 2.05) is 29.2 Å². The Balaban J connectivity index is 1.37. The predicted octanol–water partition coefficient (Wildman–Crippen LogP) is 7.63. The predicted molar refractivity (Wildman–Crippen MR) is 166 cm³/mol. The van der Waals surface area contributed by atoms with Crippen molar-refractivity contribution in [2.45, 2.75) is 19.4 Å². The summed E-state index contributed by atoms with van der Waals surface area (Å²) in [7, 11) is 0. The quantitative estimate of drug-likeness (QED) is 0.188. The summed E-state index contributed by atoms with van der Waals surface area (Å²) in [5.41, 5.74) is 8.65. The molecule has 7 aromatic rings. The lowest BCUT2D eigenvalue weighted by atomic mass is 9.88. The Morgan fingerprint density at radius 1 is 0.732 bits per heavy atom. The average Bonchev–Trinajstić information content (AvgIpc) is 3.53. The highest BCUT2D eigenvalue weighted by atomic mass is 16.3. The van der Waals surface area contributed by atoms with Crippen molar-refractivity contribution in [2.75, 3.05) is 4.90 Å². The van der Waals surface area contributed by atoms with Crippen LogP contribution in [0.15, 0.2) is 121 Å². The molecule has 1 aliphatic rings. The minimum absolute atomic E-state index is 0.216. The number of rotatable bonds is 3. The number of phenols is 1. The zero-order valence-electron chi connectivity index (χ0n) is 22.7. The molecule has 198 valence electrons. The van der Waals surface area contributed by atoms with Gasteiger partial charge in [-0.05, 0) is 56.3 Å². The molecule has 6 heteroatoms. The van der Waals surface area contributed by atoms with E-state index in [1.54, 1.807) is 6.07 Å². The maximum Gasteiger partial charge on any atom is 0.246 e. The van der Waals surface area contributed by atoms with Gasteiger partial charge in [0.1, 0.15) is 11.3 Å². The zero-order valence-corrected chi connectivity index (χ0v) is 22.7. The fourth-order valence-electron chi connectivity index (χ4n) is 6.17. The molecule has 0 spiro atoms. The van der Waals surface area contributed by atoms with Crippen molar-refractivity contribution in [1.29, 1.82) is 0 Å². The first-order chi connectivity index (χ1) is 20.0. The van der Waals surface area contributed by atoms with Gasteiger partial charge in [0.25, 0.3) is 0 Å². The van der Waals surface area contributed by atoms with Gasteiger partial charge in [0, 0.05) is 11.3 Å². The van der Waals surface area contributed by atoms with Crippen molar-refractivity contribution in [1.82, 2.24) is 18.5 Å². The first-order valence-corrected chi connectivity index (χ1v) is 13.7. The van der Waals surface area contributed by atoms with Crippen LogP contribution in [0, 0.1) is 0 Å². The second-order valence-electron chi connectivity index (χ2n) is 10.9. The number of benzene rings is 5. The Labute approximate surface area is 237 Å². The van der Waals surface area contributed by atoms with E-state index in [0.29, 0.717) is 5.69 Å². The summed E-state index contributed by atoms with van der Waals surface area (Å²) in [4.78, 5) is 7.08. The standard InChI is InChI=1S/C35H27N5O/c1-35(2)26-14-3-5-16-28(26)37(23-38(35)32-20-9-10-21-33(32)41)24-12-11-13-25(22-24)39-30-18-7-8-19-31(30)40-29-17-6-4-15-27(29)36-34(39)40/h3-22,41H,1-2H3. The molecule has 0 amide bonds. The van der Waals surface area contributed by atoms with Crippen molar-refractivity contribution in [3.8, 4) is 11.4 Å². The Bertz CT molecular complexity index is 2170. The summed E-state index contributed by atoms with van der Waals surface area (Å²) in [6, 6.07) is 41.0. The molecule has 0 bridgehead atoms. The number of hydrogen-bond donors (Lipinski definition) is 1. The number of aromatic nitrogens is 3. The van der Waals surface area contributed by atoms with E-state index >= 15 is 0 Å². The number of imidazole rings is 2. The van der Waals surface area contributed by atoms with Gasteiger partial charge in [-0.3, -0.25) is 13.9 Å². The second-order valence-corrected chi connectivity index (χ2v) is 10.9. The van der Waals surface area contributed by atoms with E-state index in [9.17, 15) is 5.11 Å².